The van der Waals surface area contributed by atoms with Gasteiger partial charge < -0.3 is 25.2 Å². The van der Waals surface area contributed by atoms with Gasteiger partial charge in [-0.25, -0.2) is 9.59 Å². The van der Waals surface area contributed by atoms with Gasteiger partial charge in [-0.05, 0) is 25.0 Å². The van der Waals surface area contributed by atoms with Crippen LogP contribution in [0.2, 0.25) is 0 Å². The highest BCUT2D eigenvalue weighted by atomic mass is 16.5. The SMILES string of the molecule is COC(=O)[C@@H](Cc1cccc(C)c1)NC(=O)[C@@H](NC(=O)OCc1ccccc1)[C@@H](C)O. The van der Waals surface area contributed by atoms with Crippen molar-refractivity contribution in [2.45, 2.75) is 45.1 Å². The standard InChI is InChI=1S/C23H28N2O6/c1-15-8-7-11-18(12-15)13-19(22(28)30-3)24-21(27)20(16(2)26)25-23(29)31-14-17-9-5-4-6-10-17/h4-12,16,19-20,26H,13-14H2,1-3H3,(H,24,27)(H,25,29)/t16-,19-,20+/m1/s1. The van der Waals surface area contributed by atoms with Gasteiger partial charge in [0.2, 0.25) is 5.91 Å². The number of aryl methyl sites for hydroxylation is 1. The number of benzene rings is 2. The second-order valence-electron chi connectivity index (χ2n) is 7.20. The number of nitrogens with one attached hydrogen (secondary N) is 2. The Morgan fingerprint density at radius 2 is 1.68 bits per heavy atom. The number of methoxy groups -OCH3 is 1. The molecule has 0 heterocycles. The molecule has 0 aliphatic heterocycles. The smallest absolute Gasteiger partial charge is 0.408 e. The summed E-state index contributed by atoms with van der Waals surface area (Å²) >= 11 is 0. The Morgan fingerprint density at radius 3 is 2.29 bits per heavy atom. The molecule has 2 aromatic carbocycles. The zero-order chi connectivity index (χ0) is 22.8. The summed E-state index contributed by atoms with van der Waals surface area (Å²) in [4.78, 5) is 37.1. The van der Waals surface area contributed by atoms with Gasteiger partial charge in [0.15, 0.2) is 0 Å². The average Bonchev–Trinajstić information content (AvgIpc) is 2.75. The third-order valence-corrected chi connectivity index (χ3v) is 4.58. The average molecular weight is 428 g/mol. The first-order chi connectivity index (χ1) is 14.8. The molecule has 2 amide bonds. The quantitative estimate of drug-likeness (QED) is 0.526. The molecule has 0 saturated heterocycles. The fourth-order valence-electron chi connectivity index (χ4n) is 2.97. The molecular weight excluding hydrogens is 400 g/mol. The first-order valence-corrected chi connectivity index (χ1v) is 9.89. The molecule has 0 radical (unpaired) electrons. The second kappa shape index (κ2) is 11.7. The molecule has 0 aromatic heterocycles. The lowest BCUT2D eigenvalue weighted by molar-refractivity contribution is -0.145. The van der Waals surface area contributed by atoms with Crippen LogP contribution < -0.4 is 10.6 Å². The summed E-state index contributed by atoms with van der Waals surface area (Å²) in [5.41, 5.74) is 2.62. The molecule has 166 valence electrons. The predicted molar refractivity (Wildman–Crippen MR) is 114 cm³/mol. The van der Waals surface area contributed by atoms with Crippen LogP contribution in [0.15, 0.2) is 54.6 Å². The van der Waals surface area contributed by atoms with Gasteiger partial charge in [-0.3, -0.25) is 4.79 Å². The molecule has 8 heteroatoms. The molecular formula is C23H28N2O6. The van der Waals surface area contributed by atoms with Crippen molar-refractivity contribution in [2.75, 3.05) is 7.11 Å². The van der Waals surface area contributed by atoms with Crippen molar-refractivity contribution in [3.8, 4) is 0 Å². The lowest BCUT2D eigenvalue weighted by atomic mass is 10.0. The van der Waals surface area contributed by atoms with Crippen molar-refractivity contribution in [1.29, 1.82) is 0 Å². The van der Waals surface area contributed by atoms with Crippen LogP contribution in [0, 0.1) is 6.92 Å². The minimum Gasteiger partial charge on any atom is -0.467 e. The topological polar surface area (TPSA) is 114 Å². The van der Waals surface area contributed by atoms with Crippen molar-refractivity contribution >= 4 is 18.0 Å². The van der Waals surface area contributed by atoms with E-state index in [0.29, 0.717) is 0 Å². The summed E-state index contributed by atoms with van der Waals surface area (Å²) in [6.07, 6.45) is -1.88. The number of amides is 2. The van der Waals surface area contributed by atoms with Crippen LogP contribution in [0.4, 0.5) is 4.79 Å². The summed E-state index contributed by atoms with van der Waals surface area (Å²) in [6, 6.07) is 14.2. The van der Waals surface area contributed by atoms with Crippen molar-refractivity contribution in [3.05, 3.63) is 71.3 Å². The molecule has 0 unspecified atom stereocenters. The minimum atomic E-state index is -1.31. The number of carbonyl (C=O) groups excluding carboxylic acids is 3. The van der Waals surface area contributed by atoms with Crippen molar-refractivity contribution in [3.63, 3.8) is 0 Å². The minimum absolute atomic E-state index is 0.0129. The second-order valence-corrected chi connectivity index (χ2v) is 7.20. The Bertz CT molecular complexity index is 885. The number of esters is 1. The Kier molecular flexibility index (Phi) is 9.02. The Balaban J connectivity index is 2.02. The summed E-state index contributed by atoms with van der Waals surface area (Å²) in [6.45, 7) is 3.29. The van der Waals surface area contributed by atoms with E-state index in [4.69, 9.17) is 9.47 Å². The number of aliphatic hydroxyl groups excluding tert-OH is 1. The third kappa shape index (κ3) is 7.75. The maximum absolute atomic E-state index is 12.7. The number of rotatable bonds is 9. The lowest BCUT2D eigenvalue weighted by Gasteiger charge is -2.24. The van der Waals surface area contributed by atoms with E-state index in [9.17, 15) is 19.5 Å². The molecule has 2 aromatic rings. The fourth-order valence-corrected chi connectivity index (χ4v) is 2.97. The van der Waals surface area contributed by atoms with Gasteiger partial charge in [-0.2, -0.15) is 0 Å². The van der Waals surface area contributed by atoms with Gasteiger partial charge in [0.25, 0.3) is 0 Å². The number of carbonyl (C=O) groups is 3. The third-order valence-electron chi connectivity index (χ3n) is 4.58. The highest BCUT2D eigenvalue weighted by Gasteiger charge is 2.30. The van der Waals surface area contributed by atoms with Crippen molar-refractivity contribution in [1.82, 2.24) is 10.6 Å². The molecule has 2 rings (SSSR count). The largest absolute Gasteiger partial charge is 0.467 e. The van der Waals surface area contributed by atoms with E-state index in [1.807, 2.05) is 49.4 Å². The summed E-state index contributed by atoms with van der Waals surface area (Å²) < 4.78 is 9.90. The van der Waals surface area contributed by atoms with E-state index in [0.717, 1.165) is 16.7 Å². The Morgan fingerprint density at radius 1 is 1.00 bits per heavy atom. The highest BCUT2D eigenvalue weighted by molar-refractivity contribution is 5.90. The first-order valence-electron chi connectivity index (χ1n) is 9.89. The van der Waals surface area contributed by atoms with Gasteiger partial charge in [0.1, 0.15) is 18.7 Å². The maximum Gasteiger partial charge on any atom is 0.408 e. The number of aliphatic hydroxyl groups is 1. The molecule has 3 atom stereocenters. The molecule has 0 spiro atoms. The van der Waals surface area contributed by atoms with Gasteiger partial charge in [0, 0.05) is 6.42 Å². The van der Waals surface area contributed by atoms with E-state index in [1.54, 1.807) is 12.1 Å². The zero-order valence-corrected chi connectivity index (χ0v) is 17.8. The van der Waals surface area contributed by atoms with Crippen LogP contribution in [-0.2, 0) is 32.1 Å². The van der Waals surface area contributed by atoms with Crippen LogP contribution >= 0.6 is 0 Å². The van der Waals surface area contributed by atoms with E-state index < -0.39 is 36.2 Å². The first kappa shape index (κ1) is 23.9. The fraction of sp³-hybridized carbons (Fsp3) is 0.348. The summed E-state index contributed by atoms with van der Waals surface area (Å²) in [7, 11) is 1.23. The van der Waals surface area contributed by atoms with E-state index in [1.165, 1.54) is 14.0 Å². The van der Waals surface area contributed by atoms with Gasteiger partial charge in [-0.15, -0.1) is 0 Å². The molecule has 0 saturated carbocycles. The molecule has 31 heavy (non-hydrogen) atoms. The van der Waals surface area contributed by atoms with Gasteiger partial charge in [-0.1, -0.05) is 60.2 Å². The van der Waals surface area contributed by atoms with Crippen LogP contribution in [-0.4, -0.2) is 48.4 Å². The molecule has 0 aliphatic carbocycles. The summed E-state index contributed by atoms with van der Waals surface area (Å²) in [5.74, 6) is -1.36. The number of hydrogen-bond acceptors (Lipinski definition) is 6. The van der Waals surface area contributed by atoms with Crippen molar-refractivity contribution < 1.29 is 29.0 Å². The van der Waals surface area contributed by atoms with Crippen LogP contribution in [0.3, 0.4) is 0 Å². The molecule has 8 nitrogen and oxygen atoms in total. The van der Waals surface area contributed by atoms with Crippen LogP contribution in [0.1, 0.15) is 23.6 Å². The monoisotopic (exact) mass is 428 g/mol. The maximum atomic E-state index is 12.7. The van der Waals surface area contributed by atoms with Gasteiger partial charge >= 0.3 is 12.1 Å². The van der Waals surface area contributed by atoms with Crippen molar-refractivity contribution in [2.24, 2.45) is 0 Å². The summed E-state index contributed by atoms with van der Waals surface area (Å²) in [5, 5.41) is 14.9. The number of hydrogen-bond donors (Lipinski definition) is 3. The number of ether oxygens (including phenoxy) is 2. The molecule has 0 bridgehead atoms. The molecule has 3 N–H and O–H groups in total. The lowest BCUT2D eigenvalue weighted by Crippen LogP contribution is -2.56. The van der Waals surface area contributed by atoms with Crippen LogP contribution in [0.25, 0.3) is 0 Å². The van der Waals surface area contributed by atoms with E-state index >= 15 is 0 Å². The zero-order valence-electron chi connectivity index (χ0n) is 17.8. The van der Waals surface area contributed by atoms with E-state index in [2.05, 4.69) is 10.6 Å². The van der Waals surface area contributed by atoms with Crippen LogP contribution in [0.5, 0.6) is 0 Å². The normalized spacial score (nSPS) is 13.4. The van der Waals surface area contributed by atoms with Gasteiger partial charge in [0.05, 0.1) is 13.2 Å². The molecule has 0 aliphatic rings. The Hall–Kier alpha value is -3.39. The number of alkyl carbamates (subject to hydrolysis) is 1. The Labute approximate surface area is 181 Å². The predicted octanol–water partition coefficient (Wildman–Crippen LogP) is 1.87. The molecule has 0 fully saturated rings. The van der Waals surface area contributed by atoms with E-state index in [-0.39, 0.29) is 13.0 Å². The highest BCUT2D eigenvalue weighted by Crippen LogP contribution is 2.09.